The quantitative estimate of drug-likeness (QED) is 0.664. The summed E-state index contributed by atoms with van der Waals surface area (Å²) in [5.74, 6) is -0.435. The number of rotatable bonds is 4. The maximum absolute atomic E-state index is 13.1. The molecule has 0 heterocycles. The maximum Gasteiger partial charge on any atom is 0.163 e. The number of ketones is 1. The molecule has 0 atom stereocenters. The maximum atomic E-state index is 13.1. The van der Waals surface area contributed by atoms with Gasteiger partial charge in [0.05, 0.1) is 0 Å². The topological polar surface area (TPSA) is 17.1 Å². The van der Waals surface area contributed by atoms with Crippen LogP contribution in [0.25, 0.3) is 0 Å². The minimum Gasteiger partial charge on any atom is -0.294 e. The summed E-state index contributed by atoms with van der Waals surface area (Å²) in [6.07, 6.45) is 0.960. The van der Waals surface area contributed by atoms with Crippen molar-refractivity contribution in [1.82, 2.24) is 0 Å². The Hall–Kier alpha value is -1.00. The minimum absolute atomic E-state index is 0.0536. The lowest BCUT2D eigenvalue weighted by Crippen LogP contribution is -2.02. The number of hydrogen-bond donors (Lipinski definition) is 0. The van der Waals surface area contributed by atoms with Crippen molar-refractivity contribution in [2.45, 2.75) is 12.8 Å². The molecule has 0 spiro atoms. The molecule has 0 radical (unpaired) electrons. The van der Waals surface area contributed by atoms with Gasteiger partial charge in [0.25, 0.3) is 0 Å². The van der Waals surface area contributed by atoms with Crippen LogP contribution in [0.5, 0.6) is 0 Å². The number of carbonyl (C=O) groups excluding carboxylic acids is 1. The van der Waals surface area contributed by atoms with Gasteiger partial charge in [-0.2, -0.15) is 0 Å². The molecule has 0 unspecified atom stereocenters. The first kappa shape index (κ1) is 14.4. The summed E-state index contributed by atoms with van der Waals surface area (Å²) in [6.45, 7) is 0. The van der Waals surface area contributed by atoms with Gasteiger partial charge in [-0.3, -0.25) is 4.79 Å². The van der Waals surface area contributed by atoms with E-state index in [4.69, 9.17) is 0 Å². The highest BCUT2D eigenvalue weighted by Crippen LogP contribution is 2.26. The molecular weight excluding hydrogens is 375 g/mol. The number of halogens is 3. The summed E-state index contributed by atoms with van der Waals surface area (Å²) in [5, 5.41) is 0. The van der Waals surface area contributed by atoms with E-state index in [1.165, 1.54) is 12.1 Å². The molecule has 0 aliphatic carbocycles. The van der Waals surface area contributed by atoms with Crippen molar-refractivity contribution in [1.29, 1.82) is 0 Å². The van der Waals surface area contributed by atoms with Crippen molar-refractivity contribution in [2.75, 3.05) is 0 Å². The second-order valence-corrected chi connectivity index (χ2v) is 5.84. The van der Waals surface area contributed by atoms with E-state index < -0.39 is 0 Å². The van der Waals surface area contributed by atoms with Crippen LogP contribution in [0.4, 0.5) is 4.39 Å². The molecule has 0 N–H and O–H groups in total. The van der Waals surface area contributed by atoms with Crippen molar-refractivity contribution >= 4 is 37.6 Å². The van der Waals surface area contributed by atoms with E-state index in [-0.39, 0.29) is 11.6 Å². The first-order valence-corrected chi connectivity index (χ1v) is 7.38. The fourth-order valence-electron chi connectivity index (χ4n) is 1.82. The minimum atomic E-state index is -0.382. The zero-order valence-corrected chi connectivity index (χ0v) is 13.2. The number of Topliss-reactive ketones (excluding diaryl/α,β-unsaturated/α-hetero) is 1. The van der Waals surface area contributed by atoms with Gasteiger partial charge in [-0.25, -0.2) is 4.39 Å². The average molecular weight is 386 g/mol. The summed E-state index contributed by atoms with van der Waals surface area (Å²) >= 11 is 6.93. The largest absolute Gasteiger partial charge is 0.294 e. The number of hydrogen-bond acceptors (Lipinski definition) is 1. The van der Waals surface area contributed by atoms with Crippen molar-refractivity contribution in [3.05, 3.63) is 68.4 Å². The molecule has 2 aromatic carbocycles. The van der Waals surface area contributed by atoms with Crippen molar-refractivity contribution in [2.24, 2.45) is 0 Å². The summed E-state index contributed by atoms with van der Waals surface area (Å²) in [4.78, 5) is 12.0. The molecule has 2 rings (SSSR count). The van der Waals surface area contributed by atoms with Crippen LogP contribution in [0.2, 0.25) is 0 Å². The molecule has 0 aliphatic heterocycles. The number of carbonyl (C=O) groups is 1. The van der Waals surface area contributed by atoms with Crippen LogP contribution in [0.3, 0.4) is 0 Å². The fraction of sp³-hybridized carbons (Fsp3) is 0.133. The highest BCUT2D eigenvalue weighted by atomic mass is 79.9. The highest BCUT2D eigenvalue weighted by Gasteiger charge is 2.10. The van der Waals surface area contributed by atoms with Crippen LogP contribution in [0, 0.1) is 5.82 Å². The van der Waals surface area contributed by atoms with E-state index in [1.807, 2.05) is 18.2 Å². The van der Waals surface area contributed by atoms with E-state index in [0.717, 1.165) is 14.5 Å². The molecular formula is C15H11Br2FO. The molecule has 0 saturated carbocycles. The van der Waals surface area contributed by atoms with E-state index in [9.17, 15) is 9.18 Å². The van der Waals surface area contributed by atoms with E-state index in [1.54, 1.807) is 12.1 Å². The van der Waals surface area contributed by atoms with Crippen molar-refractivity contribution in [3.8, 4) is 0 Å². The van der Waals surface area contributed by atoms with Gasteiger partial charge in [-0.1, -0.05) is 50.1 Å². The van der Waals surface area contributed by atoms with Crippen LogP contribution in [-0.4, -0.2) is 5.78 Å². The Labute approximate surface area is 128 Å². The molecule has 0 amide bonds. The van der Waals surface area contributed by atoms with Crippen LogP contribution in [-0.2, 0) is 6.42 Å². The Bertz CT molecular complexity index is 591. The van der Waals surface area contributed by atoms with Crippen LogP contribution in [0.15, 0.2) is 51.4 Å². The Balaban J connectivity index is 2.09. The number of benzene rings is 2. The van der Waals surface area contributed by atoms with Crippen LogP contribution in [0.1, 0.15) is 22.3 Å². The van der Waals surface area contributed by atoms with Gasteiger partial charge in [0, 0.05) is 20.9 Å². The van der Waals surface area contributed by atoms with Gasteiger partial charge in [0.2, 0.25) is 0 Å². The summed E-state index contributed by atoms with van der Waals surface area (Å²) < 4.78 is 15.0. The Morgan fingerprint density at radius 2 is 1.68 bits per heavy atom. The third-order valence-corrected chi connectivity index (χ3v) is 4.30. The van der Waals surface area contributed by atoms with Crippen molar-refractivity contribution < 1.29 is 9.18 Å². The molecule has 19 heavy (non-hydrogen) atoms. The molecule has 98 valence electrons. The average Bonchev–Trinajstić information content (AvgIpc) is 2.38. The third kappa shape index (κ3) is 3.74. The van der Waals surface area contributed by atoms with Gasteiger partial charge in [-0.05, 0) is 36.2 Å². The molecule has 4 heteroatoms. The monoisotopic (exact) mass is 384 g/mol. The molecule has 2 aromatic rings. The fourth-order valence-corrected chi connectivity index (χ4v) is 3.21. The van der Waals surface area contributed by atoms with E-state index >= 15 is 0 Å². The zero-order chi connectivity index (χ0) is 13.8. The summed E-state index contributed by atoms with van der Waals surface area (Å²) in [7, 11) is 0. The van der Waals surface area contributed by atoms with E-state index in [2.05, 4.69) is 31.9 Å². The van der Waals surface area contributed by atoms with Crippen LogP contribution < -0.4 is 0 Å². The normalized spacial score (nSPS) is 10.5. The lowest BCUT2D eigenvalue weighted by molar-refractivity contribution is 0.0982. The molecule has 0 bridgehead atoms. The molecule has 0 aliphatic rings. The SMILES string of the molecule is O=C(CCc1c(Br)cccc1Br)c1cccc(F)c1. The Morgan fingerprint density at radius 1 is 1.05 bits per heavy atom. The first-order chi connectivity index (χ1) is 9.08. The second kappa shape index (κ2) is 6.44. The molecule has 0 aromatic heterocycles. The Kier molecular flexibility index (Phi) is 4.88. The lowest BCUT2D eigenvalue weighted by Gasteiger charge is -2.07. The lowest BCUT2D eigenvalue weighted by atomic mass is 10.0. The first-order valence-electron chi connectivity index (χ1n) is 5.79. The van der Waals surface area contributed by atoms with Gasteiger partial charge < -0.3 is 0 Å². The summed E-state index contributed by atoms with van der Waals surface area (Å²) in [5.41, 5.74) is 1.47. The van der Waals surface area contributed by atoms with Crippen LogP contribution >= 0.6 is 31.9 Å². The Morgan fingerprint density at radius 3 is 2.32 bits per heavy atom. The van der Waals surface area contributed by atoms with Gasteiger partial charge >= 0.3 is 0 Å². The van der Waals surface area contributed by atoms with Crippen molar-refractivity contribution in [3.63, 3.8) is 0 Å². The molecule has 0 saturated heterocycles. The molecule has 1 nitrogen and oxygen atoms in total. The van der Waals surface area contributed by atoms with E-state index in [0.29, 0.717) is 18.4 Å². The second-order valence-electron chi connectivity index (χ2n) is 4.13. The predicted octanol–water partition coefficient (Wildman–Crippen LogP) is 5.17. The zero-order valence-electron chi connectivity index (χ0n) is 10.00. The third-order valence-electron chi connectivity index (χ3n) is 2.81. The van der Waals surface area contributed by atoms with Gasteiger partial charge in [0.15, 0.2) is 5.78 Å². The summed E-state index contributed by atoms with van der Waals surface area (Å²) in [6, 6.07) is 11.6. The van der Waals surface area contributed by atoms with Gasteiger partial charge in [-0.15, -0.1) is 0 Å². The smallest absolute Gasteiger partial charge is 0.163 e. The predicted molar refractivity (Wildman–Crippen MR) is 80.9 cm³/mol. The highest BCUT2D eigenvalue weighted by molar-refractivity contribution is 9.11. The van der Waals surface area contributed by atoms with Gasteiger partial charge in [0.1, 0.15) is 5.82 Å². The molecule has 0 fully saturated rings. The standard InChI is InChI=1S/C15H11Br2FO/c16-13-5-2-6-14(17)12(13)7-8-15(19)10-3-1-4-11(18)9-10/h1-6,9H,7-8H2.